The van der Waals surface area contributed by atoms with E-state index in [1.807, 2.05) is 11.1 Å². The van der Waals surface area contributed by atoms with E-state index in [0.29, 0.717) is 6.54 Å². The fourth-order valence-electron chi connectivity index (χ4n) is 4.67. The average Bonchev–Trinajstić information content (AvgIpc) is 3.30. The first kappa shape index (κ1) is 20.6. The second kappa shape index (κ2) is 9.08. The molecule has 1 amide bonds. The molecule has 2 aromatic heterocycles. The number of nitrogens with one attached hydrogen (secondary N) is 1. The van der Waals surface area contributed by atoms with Crippen LogP contribution in [0.15, 0.2) is 43.4 Å². The lowest BCUT2D eigenvalue weighted by Crippen LogP contribution is -2.44. The molecule has 0 aromatic carbocycles. The van der Waals surface area contributed by atoms with E-state index >= 15 is 0 Å². The predicted octanol–water partition coefficient (Wildman–Crippen LogP) is 2.28. The van der Waals surface area contributed by atoms with E-state index in [1.54, 1.807) is 6.33 Å². The molecule has 8 heteroatoms. The Morgan fingerprint density at radius 1 is 1.19 bits per heavy atom. The van der Waals surface area contributed by atoms with Crippen molar-refractivity contribution in [1.82, 2.24) is 19.9 Å². The van der Waals surface area contributed by atoms with Crippen molar-refractivity contribution in [2.45, 2.75) is 25.3 Å². The molecule has 2 saturated heterocycles. The summed E-state index contributed by atoms with van der Waals surface area (Å²) < 4.78 is 5.44. The van der Waals surface area contributed by atoms with E-state index in [9.17, 15) is 4.79 Å². The number of pyridine rings is 1. The molecule has 1 atom stereocenters. The van der Waals surface area contributed by atoms with Crippen LogP contribution in [0.2, 0.25) is 0 Å². The third-order valence-electron chi connectivity index (χ3n) is 6.34. The van der Waals surface area contributed by atoms with Gasteiger partial charge in [-0.15, -0.1) is 0 Å². The number of hydrogen-bond donors (Lipinski definition) is 1. The normalized spacial score (nSPS) is 20.5. The van der Waals surface area contributed by atoms with Gasteiger partial charge in [0.15, 0.2) is 0 Å². The number of carbonyl (C=O) groups excluding carboxylic acids is 1. The number of morpholine rings is 1. The molecular weight excluding hydrogens is 404 g/mol. The zero-order chi connectivity index (χ0) is 21.9. The summed E-state index contributed by atoms with van der Waals surface area (Å²) in [6.45, 7) is 8.26. The summed E-state index contributed by atoms with van der Waals surface area (Å²) in [5.41, 5.74) is 4.23. The Balaban J connectivity index is 1.36. The van der Waals surface area contributed by atoms with Gasteiger partial charge in [0.25, 0.3) is 0 Å². The highest BCUT2D eigenvalue weighted by Gasteiger charge is 2.27. The number of nitrogens with zero attached hydrogens (tertiary/aromatic N) is 5. The molecule has 1 aliphatic carbocycles. The van der Waals surface area contributed by atoms with E-state index in [4.69, 9.17) is 9.72 Å². The lowest BCUT2D eigenvalue weighted by atomic mass is 10.0. The molecule has 2 aromatic rings. The molecule has 0 bridgehead atoms. The first-order chi connectivity index (χ1) is 15.7. The molecule has 0 radical (unpaired) electrons. The van der Waals surface area contributed by atoms with E-state index < -0.39 is 0 Å². The Hall–Kier alpha value is -3.26. The maximum absolute atomic E-state index is 12.1. The lowest BCUT2D eigenvalue weighted by molar-refractivity contribution is -0.127. The smallest absolute Gasteiger partial charge is 0.246 e. The molecule has 0 spiro atoms. The summed E-state index contributed by atoms with van der Waals surface area (Å²) in [7, 11) is 0. The molecule has 32 heavy (non-hydrogen) atoms. The number of hydrogen-bond acceptors (Lipinski definition) is 7. The molecule has 0 unspecified atom stereocenters. The van der Waals surface area contributed by atoms with Crippen LogP contribution >= 0.6 is 0 Å². The van der Waals surface area contributed by atoms with Gasteiger partial charge in [-0.3, -0.25) is 4.79 Å². The van der Waals surface area contributed by atoms with Crippen LogP contribution in [0.5, 0.6) is 0 Å². The van der Waals surface area contributed by atoms with E-state index in [-0.39, 0.29) is 11.9 Å². The molecule has 0 saturated carbocycles. The second-order valence-electron chi connectivity index (χ2n) is 8.34. The van der Waals surface area contributed by atoms with Gasteiger partial charge < -0.3 is 19.9 Å². The van der Waals surface area contributed by atoms with Crippen molar-refractivity contribution in [2.24, 2.45) is 0 Å². The maximum atomic E-state index is 12.1. The fourth-order valence-corrected chi connectivity index (χ4v) is 4.67. The Labute approximate surface area is 188 Å². The van der Waals surface area contributed by atoms with Crippen molar-refractivity contribution in [3.05, 3.63) is 60.2 Å². The van der Waals surface area contributed by atoms with Gasteiger partial charge in [0, 0.05) is 56.0 Å². The first-order valence-electron chi connectivity index (χ1n) is 11.2. The molecule has 3 aliphatic rings. The van der Waals surface area contributed by atoms with Gasteiger partial charge >= 0.3 is 0 Å². The van der Waals surface area contributed by atoms with Crippen LogP contribution in [-0.4, -0.2) is 71.2 Å². The van der Waals surface area contributed by atoms with Gasteiger partial charge in [-0.05, 0) is 36.6 Å². The van der Waals surface area contributed by atoms with Crippen molar-refractivity contribution in [2.75, 3.05) is 49.6 Å². The van der Waals surface area contributed by atoms with Crippen molar-refractivity contribution >= 4 is 23.1 Å². The van der Waals surface area contributed by atoms with Gasteiger partial charge in [-0.1, -0.05) is 12.7 Å². The van der Waals surface area contributed by atoms with E-state index in [0.717, 1.165) is 86.1 Å². The lowest BCUT2D eigenvalue weighted by Gasteiger charge is -2.33. The molecule has 2 fully saturated rings. The zero-order valence-electron chi connectivity index (χ0n) is 18.2. The van der Waals surface area contributed by atoms with Crippen LogP contribution < -0.4 is 10.2 Å². The summed E-state index contributed by atoms with van der Waals surface area (Å²) in [6, 6.07) is 4.35. The predicted molar refractivity (Wildman–Crippen MR) is 124 cm³/mol. The zero-order valence-corrected chi connectivity index (χ0v) is 18.2. The minimum absolute atomic E-state index is 0.0172. The highest BCUT2D eigenvalue weighted by molar-refractivity contribution is 5.89. The molecule has 4 heterocycles. The second-order valence-corrected chi connectivity index (χ2v) is 8.34. The SMILES string of the molecule is C=CC(=O)N1CCC[C@@H](Nc2ncnc3c2C(c2ccc(N4CCOCC4)nc2)=CC3)C1. The third kappa shape index (κ3) is 4.10. The highest BCUT2D eigenvalue weighted by Crippen LogP contribution is 2.36. The summed E-state index contributed by atoms with van der Waals surface area (Å²) >= 11 is 0. The summed E-state index contributed by atoms with van der Waals surface area (Å²) in [6.07, 6.45) is 9.87. The van der Waals surface area contributed by atoms with Crippen molar-refractivity contribution in [3.8, 4) is 0 Å². The number of aromatic nitrogens is 3. The number of anilines is 2. The highest BCUT2D eigenvalue weighted by atomic mass is 16.5. The molecule has 1 N–H and O–H groups in total. The molecule has 2 aliphatic heterocycles. The monoisotopic (exact) mass is 432 g/mol. The van der Waals surface area contributed by atoms with Gasteiger partial charge in [-0.2, -0.15) is 0 Å². The number of likely N-dealkylation sites (tertiary alicyclic amines) is 1. The van der Waals surface area contributed by atoms with Crippen molar-refractivity contribution in [3.63, 3.8) is 0 Å². The molecule has 166 valence electrons. The minimum Gasteiger partial charge on any atom is -0.378 e. The number of allylic oxidation sites excluding steroid dienone is 1. The van der Waals surface area contributed by atoms with Crippen molar-refractivity contribution < 1.29 is 9.53 Å². The topological polar surface area (TPSA) is 83.5 Å². The Kier molecular flexibility index (Phi) is 5.85. The minimum atomic E-state index is -0.0172. The van der Waals surface area contributed by atoms with Crippen LogP contribution in [-0.2, 0) is 16.0 Å². The van der Waals surface area contributed by atoms with Crippen LogP contribution in [0.1, 0.15) is 29.7 Å². The van der Waals surface area contributed by atoms with E-state index in [1.165, 1.54) is 6.08 Å². The van der Waals surface area contributed by atoms with Crippen LogP contribution in [0.25, 0.3) is 5.57 Å². The Bertz CT molecular complexity index is 1030. The third-order valence-corrected chi connectivity index (χ3v) is 6.34. The number of fused-ring (bicyclic) bond motifs is 1. The summed E-state index contributed by atoms with van der Waals surface area (Å²) in [4.78, 5) is 30.0. The summed E-state index contributed by atoms with van der Waals surface area (Å²) in [5.74, 6) is 1.79. The van der Waals surface area contributed by atoms with E-state index in [2.05, 4.69) is 45.0 Å². The van der Waals surface area contributed by atoms with Gasteiger partial charge in [0.2, 0.25) is 5.91 Å². The number of piperidine rings is 1. The van der Waals surface area contributed by atoms with Crippen LogP contribution in [0.4, 0.5) is 11.6 Å². The number of carbonyl (C=O) groups is 1. The number of rotatable bonds is 5. The fraction of sp³-hybridized carbons (Fsp3) is 0.417. The number of ether oxygens (including phenoxy) is 1. The Morgan fingerprint density at radius 3 is 2.84 bits per heavy atom. The molecule has 5 rings (SSSR count). The average molecular weight is 433 g/mol. The van der Waals surface area contributed by atoms with Crippen LogP contribution in [0, 0.1) is 0 Å². The summed E-state index contributed by atoms with van der Waals surface area (Å²) in [5, 5.41) is 3.59. The van der Waals surface area contributed by atoms with Gasteiger partial charge in [0.1, 0.15) is 18.0 Å². The number of amides is 1. The first-order valence-corrected chi connectivity index (χ1v) is 11.2. The molecule has 8 nitrogen and oxygen atoms in total. The quantitative estimate of drug-likeness (QED) is 0.726. The standard InChI is InChI=1S/C24H28N6O2/c1-2-22(31)30-9-3-4-18(15-30)28-24-23-19(6-7-20(23)26-16-27-24)17-5-8-21(25-14-17)29-10-12-32-13-11-29/h2,5-6,8,14,16,18H,1,3-4,7,9-13,15H2,(H,26,27,28)/t18-/m1/s1. The molecular formula is C24H28N6O2. The van der Waals surface area contributed by atoms with Crippen LogP contribution in [0.3, 0.4) is 0 Å². The van der Waals surface area contributed by atoms with Gasteiger partial charge in [0.05, 0.1) is 18.9 Å². The van der Waals surface area contributed by atoms with Crippen molar-refractivity contribution in [1.29, 1.82) is 0 Å². The van der Waals surface area contributed by atoms with Gasteiger partial charge in [-0.25, -0.2) is 15.0 Å². The Morgan fingerprint density at radius 2 is 2.06 bits per heavy atom. The largest absolute Gasteiger partial charge is 0.378 e. The maximum Gasteiger partial charge on any atom is 0.246 e.